The molecular weight excluding hydrogens is 478 g/mol. The van der Waals surface area contributed by atoms with Gasteiger partial charge in [-0.2, -0.15) is 20.3 Å². The Morgan fingerprint density at radius 1 is 0.947 bits per heavy atom. The molecule has 5 rings (SSSR count). The third-order valence-electron chi connectivity index (χ3n) is 6.70. The smallest absolute Gasteiger partial charge is 0.229 e. The van der Waals surface area contributed by atoms with Crippen LogP contribution in [0.3, 0.4) is 0 Å². The Kier molecular flexibility index (Phi) is 8.19. The van der Waals surface area contributed by atoms with E-state index in [0.29, 0.717) is 29.5 Å². The fraction of sp³-hybridized carbons (Fsp3) is 0.379. The number of hydrazone groups is 1. The van der Waals surface area contributed by atoms with E-state index >= 15 is 0 Å². The number of nitrogens with one attached hydrogen (secondary N) is 1. The van der Waals surface area contributed by atoms with Crippen molar-refractivity contribution in [2.24, 2.45) is 5.10 Å². The highest BCUT2D eigenvalue weighted by Crippen LogP contribution is 2.29. The molecule has 0 spiro atoms. The van der Waals surface area contributed by atoms with Crippen molar-refractivity contribution in [3.05, 3.63) is 65.2 Å². The molecule has 1 aromatic heterocycles. The number of hydrogen-bond donors (Lipinski definition) is 1. The molecule has 2 aliphatic rings. The van der Waals surface area contributed by atoms with Gasteiger partial charge in [-0.05, 0) is 62.4 Å². The lowest BCUT2D eigenvalue weighted by atomic mass is 10.1. The van der Waals surface area contributed by atoms with Gasteiger partial charge >= 0.3 is 0 Å². The summed E-state index contributed by atoms with van der Waals surface area (Å²) >= 11 is 0. The van der Waals surface area contributed by atoms with Crippen LogP contribution in [0, 0.1) is 11.3 Å². The summed E-state index contributed by atoms with van der Waals surface area (Å²) < 4.78 is 11.8. The van der Waals surface area contributed by atoms with Crippen LogP contribution < -0.4 is 24.7 Å². The topological polar surface area (TPSA) is 98.9 Å². The first kappa shape index (κ1) is 25.3. The molecule has 0 atom stereocenters. The van der Waals surface area contributed by atoms with E-state index in [2.05, 4.69) is 26.4 Å². The van der Waals surface area contributed by atoms with E-state index in [-0.39, 0.29) is 6.61 Å². The van der Waals surface area contributed by atoms with Gasteiger partial charge in [-0.3, -0.25) is 5.43 Å². The summed E-state index contributed by atoms with van der Waals surface area (Å²) in [4.78, 5) is 14.2. The van der Waals surface area contributed by atoms with E-state index < -0.39 is 0 Å². The Morgan fingerprint density at radius 2 is 1.71 bits per heavy atom. The molecule has 38 heavy (non-hydrogen) atoms. The summed E-state index contributed by atoms with van der Waals surface area (Å²) in [6, 6.07) is 17.3. The van der Waals surface area contributed by atoms with E-state index in [1.54, 1.807) is 12.3 Å². The second-order valence-electron chi connectivity index (χ2n) is 9.37. The third-order valence-corrected chi connectivity index (χ3v) is 6.70. The average Bonchev–Trinajstić information content (AvgIpc) is 3.68. The van der Waals surface area contributed by atoms with Crippen molar-refractivity contribution in [2.75, 3.05) is 48.0 Å². The molecule has 2 aromatic carbocycles. The van der Waals surface area contributed by atoms with Crippen LogP contribution in [-0.4, -0.2) is 49.0 Å². The van der Waals surface area contributed by atoms with Gasteiger partial charge < -0.3 is 19.3 Å². The highest BCUT2D eigenvalue weighted by Gasteiger charge is 2.20. The first-order chi connectivity index (χ1) is 18.7. The number of nitrogens with zero attached hydrogens (tertiary/aromatic N) is 6. The van der Waals surface area contributed by atoms with E-state index in [0.717, 1.165) is 49.1 Å². The lowest BCUT2D eigenvalue weighted by molar-refractivity contribution is 0.269. The second kappa shape index (κ2) is 12.3. The molecule has 0 radical (unpaired) electrons. The fourth-order valence-corrected chi connectivity index (χ4v) is 4.72. The van der Waals surface area contributed by atoms with Crippen molar-refractivity contribution in [2.45, 2.75) is 39.2 Å². The molecule has 0 bridgehead atoms. The molecule has 9 nitrogen and oxygen atoms in total. The van der Waals surface area contributed by atoms with E-state index in [1.165, 1.54) is 25.7 Å². The zero-order valence-electron chi connectivity index (χ0n) is 21.8. The Balaban J connectivity index is 1.30. The lowest BCUT2D eigenvalue weighted by Gasteiger charge is -2.21. The number of rotatable bonds is 10. The van der Waals surface area contributed by atoms with Crippen LogP contribution in [0.4, 0.5) is 17.6 Å². The first-order valence-corrected chi connectivity index (χ1v) is 13.3. The van der Waals surface area contributed by atoms with Gasteiger partial charge in [-0.25, -0.2) is 0 Å². The van der Waals surface area contributed by atoms with Crippen LogP contribution >= 0.6 is 0 Å². The van der Waals surface area contributed by atoms with Gasteiger partial charge in [0.2, 0.25) is 5.95 Å². The quantitative estimate of drug-likeness (QED) is 0.301. The Hall–Kier alpha value is -4.32. The highest BCUT2D eigenvalue weighted by atomic mass is 16.5. The molecule has 3 aromatic rings. The van der Waals surface area contributed by atoms with Gasteiger partial charge in [0.15, 0.2) is 17.3 Å². The molecule has 2 aliphatic heterocycles. The van der Waals surface area contributed by atoms with Crippen LogP contribution in [0.25, 0.3) is 0 Å². The molecule has 0 amide bonds. The zero-order valence-corrected chi connectivity index (χ0v) is 21.8. The number of ether oxygens (including phenoxy) is 2. The Labute approximate surface area is 223 Å². The van der Waals surface area contributed by atoms with E-state index in [1.807, 2.05) is 49.4 Å². The standard InChI is InChI=1S/C29H33N7O2/c1-2-37-26-17-22(11-12-25(26)38-21-24-10-4-3-9-23(24)19-30)20-31-34-27-18-28(35-13-5-6-14-35)33-29(32-27)36-15-7-8-16-36/h3-4,9-12,17-18,20H,2,5-8,13-16,21H2,1H3,(H,32,33,34)/b31-20+. The van der Waals surface area contributed by atoms with Crippen molar-refractivity contribution in [3.8, 4) is 17.6 Å². The molecule has 9 heteroatoms. The van der Waals surface area contributed by atoms with Crippen molar-refractivity contribution in [1.82, 2.24) is 9.97 Å². The monoisotopic (exact) mass is 511 g/mol. The summed E-state index contributed by atoms with van der Waals surface area (Å²) in [5, 5.41) is 13.8. The van der Waals surface area contributed by atoms with Gasteiger partial charge in [0.25, 0.3) is 0 Å². The molecule has 0 saturated carbocycles. The zero-order chi connectivity index (χ0) is 26.2. The minimum atomic E-state index is 0.283. The highest BCUT2D eigenvalue weighted by molar-refractivity contribution is 5.81. The maximum Gasteiger partial charge on any atom is 0.229 e. The molecule has 2 saturated heterocycles. The molecular formula is C29H33N7O2. The summed E-state index contributed by atoms with van der Waals surface area (Å²) in [5.74, 6) is 3.64. The van der Waals surface area contributed by atoms with Crippen LogP contribution in [0.15, 0.2) is 53.6 Å². The molecule has 1 N–H and O–H groups in total. The maximum atomic E-state index is 9.33. The Bertz CT molecular complexity index is 1270. The number of aromatic nitrogens is 2. The van der Waals surface area contributed by atoms with E-state index in [9.17, 15) is 5.26 Å². The number of anilines is 3. The van der Waals surface area contributed by atoms with Gasteiger partial charge in [0, 0.05) is 37.8 Å². The summed E-state index contributed by atoms with van der Waals surface area (Å²) in [5.41, 5.74) is 5.40. The maximum absolute atomic E-state index is 9.33. The second-order valence-corrected chi connectivity index (χ2v) is 9.37. The Morgan fingerprint density at radius 3 is 2.47 bits per heavy atom. The van der Waals surface area contributed by atoms with Crippen molar-refractivity contribution < 1.29 is 9.47 Å². The van der Waals surface area contributed by atoms with Gasteiger partial charge in [-0.15, -0.1) is 0 Å². The van der Waals surface area contributed by atoms with Gasteiger partial charge in [0.05, 0.1) is 24.5 Å². The van der Waals surface area contributed by atoms with Crippen LogP contribution in [0.1, 0.15) is 49.3 Å². The van der Waals surface area contributed by atoms with Crippen LogP contribution in [0.2, 0.25) is 0 Å². The minimum Gasteiger partial charge on any atom is -0.490 e. The molecule has 196 valence electrons. The molecule has 3 heterocycles. The van der Waals surface area contributed by atoms with Gasteiger partial charge in [0.1, 0.15) is 12.4 Å². The SMILES string of the molecule is CCOc1cc(/C=N/Nc2cc(N3CCCC3)nc(N3CCCC3)n2)ccc1OCc1ccccc1C#N. The predicted molar refractivity (Wildman–Crippen MR) is 149 cm³/mol. The fourth-order valence-electron chi connectivity index (χ4n) is 4.72. The first-order valence-electron chi connectivity index (χ1n) is 13.3. The largest absolute Gasteiger partial charge is 0.490 e. The minimum absolute atomic E-state index is 0.283. The summed E-state index contributed by atoms with van der Waals surface area (Å²) in [7, 11) is 0. The molecule has 0 unspecified atom stereocenters. The molecule has 2 fully saturated rings. The van der Waals surface area contributed by atoms with Crippen LogP contribution in [0.5, 0.6) is 11.5 Å². The predicted octanol–water partition coefficient (Wildman–Crippen LogP) is 4.97. The van der Waals surface area contributed by atoms with Gasteiger partial charge in [-0.1, -0.05) is 18.2 Å². The van der Waals surface area contributed by atoms with Crippen molar-refractivity contribution >= 4 is 23.8 Å². The van der Waals surface area contributed by atoms with Crippen molar-refractivity contribution in [1.29, 1.82) is 5.26 Å². The summed E-state index contributed by atoms with van der Waals surface area (Å²) in [6.07, 6.45) is 6.47. The number of benzene rings is 2. The summed E-state index contributed by atoms with van der Waals surface area (Å²) in [6.45, 7) is 6.74. The van der Waals surface area contributed by atoms with Crippen molar-refractivity contribution in [3.63, 3.8) is 0 Å². The normalized spacial score (nSPS) is 15.2. The number of hydrogen-bond acceptors (Lipinski definition) is 9. The third kappa shape index (κ3) is 6.14. The van der Waals surface area contributed by atoms with Crippen LogP contribution in [-0.2, 0) is 6.61 Å². The average molecular weight is 512 g/mol. The van der Waals surface area contributed by atoms with E-state index in [4.69, 9.17) is 19.4 Å². The lowest BCUT2D eigenvalue weighted by Crippen LogP contribution is -2.24. The number of nitriles is 1. The molecule has 0 aliphatic carbocycles.